The molecule has 3 unspecified atom stereocenters. The second-order valence-corrected chi connectivity index (χ2v) is 5.71. The standard InChI is InChI=1S/C13H26N2/c1-10-6-7-15(11(2)8-10)13(9-14)12-4-3-5-12/h10-13H,3-9,14H2,1-2H3. The van der Waals surface area contributed by atoms with Gasteiger partial charge >= 0.3 is 0 Å². The Hall–Kier alpha value is -0.0800. The maximum atomic E-state index is 5.97. The molecule has 0 spiro atoms. The molecule has 0 bridgehead atoms. The molecule has 0 radical (unpaired) electrons. The van der Waals surface area contributed by atoms with Crippen LogP contribution in [0.5, 0.6) is 0 Å². The minimum absolute atomic E-state index is 0.682. The van der Waals surface area contributed by atoms with Crippen LogP contribution in [-0.2, 0) is 0 Å². The molecule has 2 N–H and O–H groups in total. The zero-order chi connectivity index (χ0) is 10.8. The first-order valence-electron chi connectivity index (χ1n) is 6.68. The molecule has 1 aliphatic heterocycles. The lowest BCUT2D eigenvalue weighted by atomic mass is 9.77. The van der Waals surface area contributed by atoms with Crippen LogP contribution in [0.15, 0.2) is 0 Å². The number of likely N-dealkylation sites (tertiary alicyclic amines) is 1. The van der Waals surface area contributed by atoms with Crippen molar-refractivity contribution in [1.82, 2.24) is 4.90 Å². The van der Waals surface area contributed by atoms with Gasteiger partial charge in [0.15, 0.2) is 0 Å². The first-order chi connectivity index (χ1) is 7.22. The van der Waals surface area contributed by atoms with Gasteiger partial charge < -0.3 is 5.73 Å². The maximum Gasteiger partial charge on any atom is 0.0249 e. The number of nitrogens with zero attached hydrogens (tertiary/aromatic N) is 1. The highest BCUT2D eigenvalue weighted by molar-refractivity contribution is 4.90. The highest BCUT2D eigenvalue weighted by atomic mass is 15.2. The number of hydrogen-bond acceptors (Lipinski definition) is 2. The summed E-state index contributed by atoms with van der Waals surface area (Å²) in [6.07, 6.45) is 7.00. The van der Waals surface area contributed by atoms with E-state index in [9.17, 15) is 0 Å². The van der Waals surface area contributed by atoms with Gasteiger partial charge in [-0.05, 0) is 51.0 Å². The molecule has 2 nitrogen and oxygen atoms in total. The van der Waals surface area contributed by atoms with Gasteiger partial charge in [0.1, 0.15) is 0 Å². The maximum absolute atomic E-state index is 5.97. The Kier molecular flexibility index (Phi) is 3.68. The van der Waals surface area contributed by atoms with E-state index >= 15 is 0 Å². The molecule has 3 atom stereocenters. The van der Waals surface area contributed by atoms with E-state index in [1.54, 1.807) is 0 Å². The Morgan fingerprint density at radius 2 is 2.00 bits per heavy atom. The Labute approximate surface area is 94.2 Å². The number of hydrogen-bond donors (Lipinski definition) is 1. The Morgan fingerprint density at radius 3 is 2.47 bits per heavy atom. The van der Waals surface area contributed by atoms with Crippen LogP contribution in [0.2, 0.25) is 0 Å². The first-order valence-corrected chi connectivity index (χ1v) is 6.68. The third-order valence-electron chi connectivity index (χ3n) is 4.55. The van der Waals surface area contributed by atoms with Crippen LogP contribution in [0.1, 0.15) is 46.0 Å². The fraction of sp³-hybridized carbons (Fsp3) is 1.00. The predicted molar refractivity (Wildman–Crippen MR) is 64.7 cm³/mol. The molecule has 0 aromatic carbocycles. The molecule has 1 aliphatic carbocycles. The van der Waals surface area contributed by atoms with Gasteiger partial charge in [-0.2, -0.15) is 0 Å². The van der Waals surface area contributed by atoms with Gasteiger partial charge in [0.05, 0.1) is 0 Å². The summed E-state index contributed by atoms with van der Waals surface area (Å²) in [5, 5.41) is 0. The smallest absolute Gasteiger partial charge is 0.0249 e. The summed E-state index contributed by atoms with van der Waals surface area (Å²) >= 11 is 0. The number of piperidine rings is 1. The van der Waals surface area contributed by atoms with Crippen molar-refractivity contribution in [3.8, 4) is 0 Å². The van der Waals surface area contributed by atoms with Gasteiger partial charge in [-0.15, -0.1) is 0 Å². The Balaban J connectivity index is 1.94. The minimum Gasteiger partial charge on any atom is -0.329 e. The lowest BCUT2D eigenvalue weighted by Crippen LogP contribution is -2.54. The largest absolute Gasteiger partial charge is 0.329 e. The van der Waals surface area contributed by atoms with Gasteiger partial charge in [-0.25, -0.2) is 0 Å². The van der Waals surface area contributed by atoms with E-state index in [-0.39, 0.29) is 0 Å². The van der Waals surface area contributed by atoms with Crippen LogP contribution in [0, 0.1) is 11.8 Å². The average Bonchev–Trinajstić information content (AvgIpc) is 2.12. The summed E-state index contributed by atoms with van der Waals surface area (Å²) in [4.78, 5) is 2.70. The number of rotatable bonds is 3. The van der Waals surface area contributed by atoms with Crippen molar-refractivity contribution in [2.24, 2.45) is 17.6 Å². The average molecular weight is 210 g/mol. The molecule has 0 aromatic heterocycles. The summed E-state index contributed by atoms with van der Waals surface area (Å²) in [5.74, 6) is 1.82. The Bertz CT molecular complexity index is 201. The van der Waals surface area contributed by atoms with Crippen molar-refractivity contribution in [2.75, 3.05) is 13.1 Å². The molecule has 1 saturated carbocycles. The molecular formula is C13H26N2. The van der Waals surface area contributed by atoms with E-state index < -0.39 is 0 Å². The first kappa shape index (κ1) is 11.4. The van der Waals surface area contributed by atoms with Crippen LogP contribution >= 0.6 is 0 Å². The van der Waals surface area contributed by atoms with Crippen LogP contribution in [0.25, 0.3) is 0 Å². The molecule has 1 saturated heterocycles. The quantitative estimate of drug-likeness (QED) is 0.774. The van der Waals surface area contributed by atoms with Gasteiger partial charge in [0.2, 0.25) is 0 Å². The topological polar surface area (TPSA) is 29.3 Å². The van der Waals surface area contributed by atoms with Crippen molar-refractivity contribution in [1.29, 1.82) is 0 Å². The zero-order valence-corrected chi connectivity index (χ0v) is 10.3. The van der Waals surface area contributed by atoms with Crippen LogP contribution < -0.4 is 5.73 Å². The molecule has 2 fully saturated rings. The summed E-state index contributed by atoms with van der Waals surface area (Å²) in [5.41, 5.74) is 5.97. The predicted octanol–water partition coefficient (Wildman–Crippen LogP) is 2.23. The zero-order valence-electron chi connectivity index (χ0n) is 10.3. The summed E-state index contributed by atoms with van der Waals surface area (Å²) < 4.78 is 0. The fourth-order valence-corrected chi connectivity index (χ4v) is 3.34. The summed E-state index contributed by atoms with van der Waals surface area (Å²) in [6, 6.07) is 1.43. The van der Waals surface area contributed by atoms with Crippen molar-refractivity contribution in [2.45, 2.75) is 58.0 Å². The highest BCUT2D eigenvalue weighted by Gasteiger charge is 2.35. The normalized spacial score (nSPS) is 36.2. The second-order valence-electron chi connectivity index (χ2n) is 5.71. The van der Waals surface area contributed by atoms with Gasteiger partial charge in [0, 0.05) is 18.6 Å². The van der Waals surface area contributed by atoms with Crippen LogP contribution in [0.3, 0.4) is 0 Å². The van der Waals surface area contributed by atoms with E-state index in [1.807, 2.05) is 0 Å². The minimum atomic E-state index is 0.682. The number of nitrogens with two attached hydrogens (primary N) is 1. The summed E-state index contributed by atoms with van der Waals surface area (Å²) in [6.45, 7) is 6.91. The van der Waals surface area contributed by atoms with E-state index in [2.05, 4.69) is 18.7 Å². The van der Waals surface area contributed by atoms with E-state index in [0.29, 0.717) is 6.04 Å². The SMILES string of the molecule is CC1CCN(C(CN)C2CCC2)C(C)C1. The molecule has 2 heteroatoms. The van der Waals surface area contributed by atoms with Crippen molar-refractivity contribution >= 4 is 0 Å². The van der Waals surface area contributed by atoms with Crippen molar-refractivity contribution < 1.29 is 0 Å². The molecule has 0 aromatic rings. The van der Waals surface area contributed by atoms with Crippen LogP contribution in [-0.4, -0.2) is 30.1 Å². The molecular weight excluding hydrogens is 184 g/mol. The fourth-order valence-electron chi connectivity index (χ4n) is 3.34. The third-order valence-corrected chi connectivity index (χ3v) is 4.55. The molecule has 1 heterocycles. The molecule has 0 amide bonds. The third kappa shape index (κ3) is 2.36. The van der Waals surface area contributed by atoms with E-state index in [4.69, 9.17) is 5.73 Å². The lowest BCUT2D eigenvalue weighted by Gasteiger charge is -2.46. The monoisotopic (exact) mass is 210 g/mol. The van der Waals surface area contributed by atoms with Gasteiger partial charge in [-0.3, -0.25) is 4.90 Å². The van der Waals surface area contributed by atoms with E-state index in [0.717, 1.165) is 24.4 Å². The molecule has 15 heavy (non-hydrogen) atoms. The molecule has 2 aliphatic rings. The van der Waals surface area contributed by atoms with Gasteiger partial charge in [-0.1, -0.05) is 13.3 Å². The Morgan fingerprint density at radius 1 is 1.27 bits per heavy atom. The summed E-state index contributed by atoms with van der Waals surface area (Å²) in [7, 11) is 0. The highest BCUT2D eigenvalue weighted by Crippen LogP contribution is 2.35. The lowest BCUT2D eigenvalue weighted by molar-refractivity contribution is 0.0324. The van der Waals surface area contributed by atoms with E-state index in [1.165, 1.54) is 38.6 Å². The molecule has 88 valence electrons. The van der Waals surface area contributed by atoms with Crippen molar-refractivity contribution in [3.63, 3.8) is 0 Å². The molecule has 2 rings (SSSR count). The second kappa shape index (κ2) is 4.84. The van der Waals surface area contributed by atoms with Crippen molar-refractivity contribution in [3.05, 3.63) is 0 Å². The van der Waals surface area contributed by atoms with Crippen LogP contribution in [0.4, 0.5) is 0 Å². The van der Waals surface area contributed by atoms with Gasteiger partial charge in [0.25, 0.3) is 0 Å².